The molecule has 0 aliphatic rings. The van der Waals surface area contributed by atoms with Crippen molar-refractivity contribution in [2.24, 2.45) is 0 Å². The van der Waals surface area contributed by atoms with Gasteiger partial charge in [0.05, 0.1) is 11.5 Å². The number of hydrogen-bond acceptors (Lipinski definition) is 3. The normalized spacial score (nSPS) is 13.2. The van der Waals surface area contributed by atoms with E-state index in [0.717, 1.165) is 0 Å². The van der Waals surface area contributed by atoms with Crippen molar-refractivity contribution in [2.45, 2.75) is 39.5 Å². The van der Waals surface area contributed by atoms with Gasteiger partial charge in [0.15, 0.2) is 0 Å². The van der Waals surface area contributed by atoms with Gasteiger partial charge in [0.2, 0.25) is 0 Å². The minimum absolute atomic E-state index is 0.563. The molecular formula is C10H20O3Si. The minimum Gasteiger partial charge on any atom is -0.515 e. The molecule has 1 unspecified atom stereocenters. The molecule has 0 bridgehead atoms. The highest BCUT2D eigenvalue weighted by Crippen LogP contribution is 2.20. The molecule has 1 atom stereocenters. The zero-order valence-corrected chi connectivity index (χ0v) is 10.5. The van der Waals surface area contributed by atoms with E-state index in [4.69, 9.17) is 8.85 Å². The lowest BCUT2D eigenvalue weighted by molar-refractivity contribution is 0.151. The maximum Gasteiger partial charge on any atom is 0.486 e. The van der Waals surface area contributed by atoms with E-state index in [-0.39, 0.29) is 0 Å². The number of aliphatic hydroxyl groups is 1. The third-order valence-electron chi connectivity index (χ3n) is 1.75. The highest BCUT2D eigenvalue weighted by Gasteiger charge is 2.43. The van der Waals surface area contributed by atoms with Gasteiger partial charge in [0.1, 0.15) is 5.73 Å². The van der Waals surface area contributed by atoms with Crippen LogP contribution in [0.15, 0.2) is 24.7 Å². The second-order valence-corrected chi connectivity index (χ2v) is 6.65. The van der Waals surface area contributed by atoms with Crippen molar-refractivity contribution in [3.05, 3.63) is 24.7 Å². The Balaban J connectivity index is 4.64. The molecule has 14 heavy (non-hydrogen) atoms. The van der Waals surface area contributed by atoms with E-state index >= 15 is 0 Å². The van der Waals surface area contributed by atoms with Crippen LogP contribution < -0.4 is 0 Å². The summed E-state index contributed by atoms with van der Waals surface area (Å²) in [6.45, 7) is 14.5. The quantitative estimate of drug-likeness (QED) is 0.547. The average Bonchev–Trinajstić information content (AvgIpc) is 1.99. The SMILES string of the molecule is C=C(C)O[Si](C)(OC(=C)C)C(O)CC. The summed E-state index contributed by atoms with van der Waals surface area (Å²) in [5.41, 5.74) is -0.573. The van der Waals surface area contributed by atoms with E-state index in [2.05, 4.69) is 13.2 Å². The number of rotatable bonds is 6. The van der Waals surface area contributed by atoms with Gasteiger partial charge in [0, 0.05) is 6.55 Å². The van der Waals surface area contributed by atoms with Gasteiger partial charge in [-0.3, -0.25) is 0 Å². The van der Waals surface area contributed by atoms with Gasteiger partial charge in [-0.05, 0) is 20.3 Å². The first-order chi connectivity index (χ1) is 6.31. The molecule has 0 heterocycles. The molecule has 0 aliphatic heterocycles. The van der Waals surface area contributed by atoms with Crippen molar-refractivity contribution in [1.82, 2.24) is 0 Å². The molecule has 0 aliphatic carbocycles. The van der Waals surface area contributed by atoms with Crippen molar-refractivity contribution in [1.29, 1.82) is 0 Å². The maximum atomic E-state index is 9.80. The molecule has 1 N–H and O–H groups in total. The van der Waals surface area contributed by atoms with Crippen LogP contribution in [0, 0.1) is 0 Å². The Hall–Kier alpha value is -0.743. The van der Waals surface area contributed by atoms with Crippen molar-refractivity contribution in [3.8, 4) is 0 Å². The molecular weight excluding hydrogens is 196 g/mol. The first-order valence-electron chi connectivity index (χ1n) is 4.69. The van der Waals surface area contributed by atoms with Crippen LogP contribution in [0.3, 0.4) is 0 Å². The molecule has 0 amide bonds. The summed E-state index contributed by atoms with van der Waals surface area (Å²) in [6, 6.07) is 0. The lowest BCUT2D eigenvalue weighted by Gasteiger charge is -2.31. The minimum atomic E-state index is -2.62. The van der Waals surface area contributed by atoms with Crippen LogP contribution in [0.2, 0.25) is 6.55 Å². The average molecular weight is 216 g/mol. The molecule has 0 aromatic rings. The summed E-state index contributed by atoms with van der Waals surface area (Å²) in [5.74, 6) is 1.13. The fourth-order valence-electron chi connectivity index (χ4n) is 1.22. The van der Waals surface area contributed by atoms with Gasteiger partial charge in [-0.2, -0.15) is 0 Å². The first kappa shape index (κ1) is 13.3. The predicted octanol–water partition coefficient (Wildman–Crippen LogP) is 2.47. The summed E-state index contributed by atoms with van der Waals surface area (Å²) in [6.07, 6.45) is 0.600. The van der Waals surface area contributed by atoms with Crippen LogP contribution in [0.1, 0.15) is 27.2 Å². The summed E-state index contributed by atoms with van der Waals surface area (Å²) in [4.78, 5) is 0. The van der Waals surface area contributed by atoms with Crippen molar-refractivity contribution >= 4 is 8.56 Å². The maximum absolute atomic E-state index is 9.80. The highest BCUT2D eigenvalue weighted by molar-refractivity contribution is 6.67. The van der Waals surface area contributed by atoms with Crippen molar-refractivity contribution < 1.29 is 14.0 Å². The summed E-state index contributed by atoms with van der Waals surface area (Å²) < 4.78 is 11.0. The van der Waals surface area contributed by atoms with Crippen LogP contribution in [0.4, 0.5) is 0 Å². The Morgan fingerprint density at radius 3 is 1.86 bits per heavy atom. The predicted molar refractivity (Wildman–Crippen MR) is 59.7 cm³/mol. The zero-order valence-electron chi connectivity index (χ0n) is 9.46. The molecule has 0 radical (unpaired) electrons. The van der Waals surface area contributed by atoms with E-state index in [1.54, 1.807) is 13.8 Å². The zero-order chi connectivity index (χ0) is 11.4. The molecule has 3 nitrogen and oxygen atoms in total. The molecule has 0 saturated carbocycles. The fourth-order valence-corrected chi connectivity index (χ4v) is 3.66. The van der Waals surface area contributed by atoms with E-state index in [1.165, 1.54) is 0 Å². The third kappa shape index (κ3) is 3.98. The molecule has 0 rings (SSSR count). The lowest BCUT2D eigenvalue weighted by Crippen LogP contribution is -2.49. The number of allylic oxidation sites excluding steroid dienone is 2. The molecule has 0 fully saturated rings. The van der Waals surface area contributed by atoms with Gasteiger partial charge < -0.3 is 14.0 Å². The topological polar surface area (TPSA) is 38.7 Å². The Labute approximate surface area is 87.3 Å². The van der Waals surface area contributed by atoms with E-state index in [9.17, 15) is 5.11 Å². The molecule has 82 valence electrons. The van der Waals surface area contributed by atoms with Gasteiger partial charge in [0.25, 0.3) is 0 Å². The summed E-state index contributed by atoms with van der Waals surface area (Å²) >= 11 is 0. The fraction of sp³-hybridized carbons (Fsp3) is 0.600. The largest absolute Gasteiger partial charge is 0.515 e. The molecule has 0 spiro atoms. The Bertz CT molecular complexity index is 209. The van der Waals surface area contributed by atoms with Gasteiger partial charge in [-0.1, -0.05) is 20.1 Å². The van der Waals surface area contributed by atoms with Gasteiger partial charge >= 0.3 is 8.56 Å². The highest BCUT2D eigenvalue weighted by atomic mass is 28.4. The second-order valence-electron chi connectivity index (χ2n) is 3.55. The van der Waals surface area contributed by atoms with Gasteiger partial charge in [-0.15, -0.1) is 0 Å². The number of aliphatic hydroxyl groups excluding tert-OH is 1. The van der Waals surface area contributed by atoms with Crippen LogP contribution >= 0.6 is 0 Å². The molecule has 0 aromatic carbocycles. The molecule has 0 aromatic heterocycles. The Morgan fingerprint density at radius 2 is 1.64 bits per heavy atom. The summed E-state index contributed by atoms with van der Waals surface area (Å²) in [7, 11) is -2.62. The van der Waals surface area contributed by atoms with Crippen LogP contribution in [-0.2, 0) is 8.85 Å². The van der Waals surface area contributed by atoms with E-state index < -0.39 is 14.3 Å². The van der Waals surface area contributed by atoms with Crippen molar-refractivity contribution in [2.75, 3.05) is 0 Å². The van der Waals surface area contributed by atoms with E-state index in [0.29, 0.717) is 17.9 Å². The van der Waals surface area contributed by atoms with E-state index in [1.807, 2.05) is 13.5 Å². The monoisotopic (exact) mass is 216 g/mol. The van der Waals surface area contributed by atoms with Gasteiger partial charge in [-0.25, -0.2) is 0 Å². The number of hydrogen-bond donors (Lipinski definition) is 1. The Morgan fingerprint density at radius 1 is 1.29 bits per heavy atom. The summed E-state index contributed by atoms with van der Waals surface area (Å²) in [5, 5.41) is 9.80. The second kappa shape index (κ2) is 5.22. The van der Waals surface area contributed by atoms with Crippen molar-refractivity contribution in [3.63, 3.8) is 0 Å². The smallest absolute Gasteiger partial charge is 0.486 e. The Kier molecular flexibility index (Phi) is 4.94. The van der Waals surface area contributed by atoms with Crippen LogP contribution in [0.25, 0.3) is 0 Å². The standard InChI is InChI=1S/C10H20O3Si/c1-7-10(11)14(6,12-8(2)3)13-9(4)5/h10-11H,2,4,7H2,1,3,5-6H3. The third-order valence-corrected chi connectivity index (χ3v) is 4.87. The first-order valence-corrected chi connectivity index (χ1v) is 7.08. The van der Waals surface area contributed by atoms with Crippen LogP contribution in [0.5, 0.6) is 0 Å². The van der Waals surface area contributed by atoms with Crippen LogP contribution in [-0.4, -0.2) is 19.4 Å². The molecule has 0 saturated heterocycles. The lowest BCUT2D eigenvalue weighted by atomic mass is 10.5. The molecule has 4 heteroatoms.